The van der Waals surface area contributed by atoms with Crippen molar-refractivity contribution < 1.29 is 13.2 Å². The van der Waals surface area contributed by atoms with Crippen LogP contribution in [0.5, 0.6) is 0 Å². The molecular formula is C21H27ClN2O3S. The fraction of sp³-hybridized carbons (Fsp3) is 0.381. The van der Waals surface area contributed by atoms with Crippen LogP contribution in [0.25, 0.3) is 0 Å². The third-order valence-electron chi connectivity index (χ3n) is 4.68. The van der Waals surface area contributed by atoms with Crippen LogP contribution in [-0.2, 0) is 14.8 Å². The number of rotatable bonds is 7. The molecule has 0 bridgehead atoms. The number of halogens is 1. The Bertz CT molecular complexity index is 943. The van der Waals surface area contributed by atoms with Crippen molar-refractivity contribution in [2.45, 2.75) is 46.2 Å². The predicted octanol–water partition coefficient (Wildman–Crippen LogP) is 4.38. The summed E-state index contributed by atoms with van der Waals surface area (Å²) in [5.74, 6) is -0.349. The molecule has 0 aliphatic heterocycles. The lowest BCUT2D eigenvalue weighted by Crippen LogP contribution is -2.49. The van der Waals surface area contributed by atoms with Crippen molar-refractivity contribution in [2.24, 2.45) is 0 Å². The summed E-state index contributed by atoms with van der Waals surface area (Å²) in [7, 11) is -3.70. The van der Waals surface area contributed by atoms with E-state index in [4.69, 9.17) is 11.6 Å². The normalized spacial score (nSPS) is 13.6. The Morgan fingerprint density at radius 3 is 2.25 bits per heavy atom. The van der Waals surface area contributed by atoms with Crippen LogP contribution in [0.4, 0.5) is 5.69 Å². The average molecular weight is 423 g/mol. The maximum atomic E-state index is 13.0. The summed E-state index contributed by atoms with van der Waals surface area (Å²) in [6, 6.07) is 11.7. The molecular weight excluding hydrogens is 396 g/mol. The minimum absolute atomic E-state index is 0.245. The van der Waals surface area contributed by atoms with Crippen molar-refractivity contribution in [3.8, 4) is 0 Å². The molecule has 0 saturated carbocycles. The van der Waals surface area contributed by atoms with Gasteiger partial charge in [0.15, 0.2) is 0 Å². The van der Waals surface area contributed by atoms with Gasteiger partial charge in [-0.15, -0.1) is 0 Å². The quantitative estimate of drug-likeness (QED) is 0.720. The lowest BCUT2D eigenvalue weighted by Gasteiger charge is -2.31. The molecule has 28 heavy (non-hydrogen) atoms. The van der Waals surface area contributed by atoms with Gasteiger partial charge in [-0.3, -0.25) is 9.10 Å². The molecule has 2 aromatic carbocycles. The second-order valence-corrected chi connectivity index (χ2v) is 9.32. The molecule has 5 nitrogen and oxygen atoms in total. The summed E-state index contributed by atoms with van der Waals surface area (Å²) in [6.45, 7) is 7.50. The highest BCUT2D eigenvalue weighted by molar-refractivity contribution is 7.92. The number of carbonyl (C=O) groups excluding carboxylic acids is 1. The second-order valence-electron chi connectivity index (χ2n) is 7.06. The zero-order valence-corrected chi connectivity index (χ0v) is 18.4. The van der Waals surface area contributed by atoms with Crippen LogP contribution in [0.3, 0.4) is 0 Å². The zero-order chi connectivity index (χ0) is 21.1. The molecule has 0 spiro atoms. The summed E-state index contributed by atoms with van der Waals surface area (Å²) in [5.41, 5.74) is 3.30. The smallest absolute Gasteiger partial charge is 0.244 e. The van der Waals surface area contributed by atoms with Gasteiger partial charge in [0, 0.05) is 5.02 Å². The molecule has 2 atom stereocenters. The molecule has 2 rings (SSSR count). The number of hydrogen-bond acceptors (Lipinski definition) is 3. The van der Waals surface area contributed by atoms with Gasteiger partial charge in [-0.2, -0.15) is 0 Å². The predicted molar refractivity (Wildman–Crippen MR) is 115 cm³/mol. The minimum atomic E-state index is -3.70. The number of anilines is 1. The fourth-order valence-corrected chi connectivity index (χ4v) is 4.41. The molecule has 2 aromatic rings. The Morgan fingerprint density at radius 1 is 1.14 bits per heavy atom. The molecule has 0 aromatic heterocycles. The minimum Gasteiger partial charge on any atom is -0.348 e. The van der Waals surface area contributed by atoms with Gasteiger partial charge in [-0.25, -0.2) is 8.42 Å². The number of nitrogens with one attached hydrogen (secondary N) is 1. The van der Waals surface area contributed by atoms with Crippen molar-refractivity contribution >= 4 is 33.2 Å². The first-order chi connectivity index (χ1) is 13.0. The van der Waals surface area contributed by atoms with Crippen molar-refractivity contribution in [3.63, 3.8) is 0 Å². The molecule has 1 amide bonds. The van der Waals surface area contributed by atoms with E-state index in [2.05, 4.69) is 5.32 Å². The van der Waals surface area contributed by atoms with E-state index in [1.807, 2.05) is 45.0 Å². The van der Waals surface area contributed by atoms with E-state index >= 15 is 0 Å². The van der Waals surface area contributed by atoms with E-state index < -0.39 is 16.1 Å². The van der Waals surface area contributed by atoms with Crippen LogP contribution in [0.1, 0.15) is 43.0 Å². The largest absolute Gasteiger partial charge is 0.348 e. The van der Waals surface area contributed by atoms with E-state index in [0.29, 0.717) is 17.1 Å². The van der Waals surface area contributed by atoms with Gasteiger partial charge in [0.2, 0.25) is 15.9 Å². The SMILES string of the molecule is CCC(C(=O)NC(C)c1ccc(C)cc1)N(c1ccc(C)c(Cl)c1)S(C)(=O)=O. The van der Waals surface area contributed by atoms with Crippen molar-refractivity contribution in [1.29, 1.82) is 0 Å². The van der Waals surface area contributed by atoms with Gasteiger partial charge in [0.1, 0.15) is 6.04 Å². The van der Waals surface area contributed by atoms with E-state index in [-0.39, 0.29) is 11.9 Å². The first-order valence-electron chi connectivity index (χ1n) is 9.17. The van der Waals surface area contributed by atoms with Crippen LogP contribution in [-0.4, -0.2) is 26.6 Å². The number of carbonyl (C=O) groups is 1. The highest BCUT2D eigenvalue weighted by Crippen LogP contribution is 2.28. The van der Waals surface area contributed by atoms with E-state index in [1.165, 1.54) is 0 Å². The Morgan fingerprint density at radius 2 is 1.75 bits per heavy atom. The molecule has 0 aliphatic rings. The molecule has 7 heteroatoms. The average Bonchev–Trinajstić information content (AvgIpc) is 2.61. The number of aryl methyl sites for hydroxylation is 2. The summed E-state index contributed by atoms with van der Waals surface area (Å²) < 4.78 is 26.2. The van der Waals surface area contributed by atoms with Crippen LogP contribution in [0, 0.1) is 13.8 Å². The van der Waals surface area contributed by atoms with Crippen molar-refractivity contribution in [1.82, 2.24) is 5.32 Å². The Labute approximate surface area is 172 Å². The number of benzene rings is 2. The second kappa shape index (κ2) is 8.97. The fourth-order valence-electron chi connectivity index (χ4n) is 3.03. The monoisotopic (exact) mass is 422 g/mol. The van der Waals surface area contributed by atoms with Crippen LogP contribution < -0.4 is 9.62 Å². The maximum Gasteiger partial charge on any atom is 0.244 e. The van der Waals surface area contributed by atoms with E-state index in [9.17, 15) is 13.2 Å². The van der Waals surface area contributed by atoms with Gasteiger partial charge < -0.3 is 5.32 Å². The van der Waals surface area contributed by atoms with Gasteiger partial charge in [0.05, 0.1) is 18.0 Å². The molecule has 2 unspecified atom stereocenters. The van der Waals surface area contributed by atoms with Crippen molar-refractivity contribution in [3.05, 3.63) is 64.2 Å². The molecule has 0 aliphatic carbocycles. The molecule has 152 valence electrons. The highest BCUT2D eigenvalue weighted by atomic mass is 35.5. The summed E-state index contributed by atoms with van der Waals surface area (Å²) in [6.07, 6.45) is 1.42. The Balaban J connectivity index is 2.33. The summed E-state index contributed by atoms with van der Waals surface area (Å²) >= 11 is 6.19. The van der Waals surface area contributed by atoms with Gasteiger partial charge >= 0.3 is 0 Å². The number of amides is 1. The first-order valence-corrected chi connectivity index (χ1v) is 11.4. The third-order valence-corrected chi connectivity index (χ3v) is 6.26. The van der Waals surface area contributed by atoms with Crippen molar-refractivity contribution in [2.75, 3.05) is 10.6 Å². The summed E-state index contributed by atoms with van der Waals surface area (Å²) in [4.78, 5) is 13.0. The van der Waals surface area contributed by atoms with Gasteiger partial charge in [-0.1, -0.05) is 54.4 Å². The number of hydrogen-bond donors (Lipinski definition) is 1. The molecule has 0 fully saturated rings. The van der Waals surface area contributed by atoms with Crippen LogP contribution in [0.15, 0.2) is 42.5 Å². The third kappa shape index (κ3) is 5.26. The standard InChI is InChI=1S/C21H27ClN2O3S/c1-6-20(21(25)23-16(4)17-10-7-14(2)8-11-17)24(28(5,26)27)18-12-9-15(3)19(22)13-18/h7-13,16,20H,6H2,1-5H3,(H,23,25). The van der Waals surface area contributed by atoms with E-state index in [0.717, 1.165) is 27.3 Å². The first kappa shape index (κ1) is 22.2. The maximum absolute atomic E-state index is 13.0. The lowest BCUT2D eigenvalue weighted by atomic mass is 10.1. The highest BCUT2D eigenvalue weighted by Gasteiger charge is 2.32. The lowest BCUT2D eigenvalue weighted by molar-refractivity contribution is -0.122. The molecule has 0 radical (unpaired) electrons. The zero-order valence-electron chi connectivity index (χ0n) is 16.9. The summed E-state index contributed by atoms with van der Waals surface area (Å²) in [5, 5.41) is 3.39. The van der Waals surface area contributed by atoms with Crippen LogP contribution in [0.2, 0.25) is 5.02 Å². The van der Waals surface area contributed by atoms with Crippen LogP contribution >= 0.6 is 11.6 Å². The molecule has 1 N–H and O–H groups in total. The van der Waals surface area contributed by atoms with Gasteiger partial charge in [0.25, 0.3) is 0 Å². The Kier molecular flexibility index (Phi) is 7.12. The Hall–Kier alpha value is -2.05. The number of nitrogens with zero attached hydrogens (tertiary/aromatic N) is 1. The topological polar surface area (TPSA) is 66.5 Å². The number of sulfonamides is 1. The van der Waals surface area contributed by atoms with E-state index in [1.54, 1.807) is 25.1 Å². The van der Waals surface area contributed by atoms with Gasteiger partial charge in [-0.05, 0) is 50.5 Å². The molecule has 0 heterocycles. The molecule has 0 saturated heterocycles.